The minimum Gasteiger partial charge on any atom is -0.451 e. The van der Waals surface area contributed by atoms with Gasteiger partial charge in [0.25, 0.3) is 5.91 Å². The highest BCUT2D eigenvalue weighted by molar-refractivity contribution is 7.89. The lowest BCUT2D eigenvalue weighted by atomic mass is 10.3. The van der Waals surface area contributed by atoms with Crippen molar-refractivity contribution in [3.05, 3.63) is 46.2 Å². The minimum absolute atomic E-state index is 0.133. The van der Waals surface area contributed by atoms with Crippen molar-refractivity contribution in [3.63, 3.8) is 0 Å². The molecule has 27 heavy (non-hydrogen) atoms. The molecule has 9 heteroatoms. The van der Waals surface area contributed by atoms with Crippen LogP contribution < -0.4 is 5.32 Å². The third-order valence-corrected chi connectivity index (χ3v) is 7.09. The van der Waals surface area contributed by atoms with Gasteiger partial charge in [0.2, 0.25) is 10.0 Å². The van der Waals surface area contributed by atoms with Gasteiger partial charge in [-0.05, 0) is 55.0 Å². The van der Waals surface area contributed by atoms with Gasteiger partial charge >= 0.3 is 5.97 Å². The number of amides is 1. The van der Waals surface area contributed by atoms with Crippen molar-refractivity contribution in [3.8, 4) is 0 Å². The van der Waals surface area contributed by atoms with Crippen LogP contribution >= 0.6 is 11.3 Å². The van der Waals surface area contributed by atoms with Crippen molar-refractivity contribution in [2.45, 2.75) is 24.7 Å². The van der Waals surface area contributed by atoms with Gasteiger partial charge in [0.05, 0.1) is 4.90 Å². The zero-order valence-electron chi connectivity index (χ0n) is 14.8. The standard InChI is InChI=1S/C18H20N2O5S2/c1-13-7-10-26-17(13)18(22)25-12-16(21)19-14-5-4-6-15(11-14)27(23,24)20-8-2-3-9-20/h4-7,10-11H,2-3,8-9,12H2,1H3,(H,19,21). The van der Waals surface area contributed by atoms with Crippen LogP contribution in [0.15, 0.2) is 40.6 Å². The smallest absolute Gasteiger partial charge is 0.349 e. The average Bonchev–Trinajstić information content (AvgIpc) is 3.32. The first kappa shape index (κ1) is 19.5. The molecule has 0 bridgehead atoms. The van der Waals surface area contributed by atoms with E-state index in [1.807, 2.05) is 0 Å². The Labute approximate surface area is 162 Å². The fourth-order valence-electron chi connectivity index (χ4n) is 2.79. The highest BCUT2D eigenvalue weighted by Gasteiger charge is 2.27. The van der Waals surface area contributed by atoms with Gasteiger partial charge < -0.3 is 10.1 Å². The molecule has 144 valence electrons. The Kier molecular flexibility index (Phi) is 5.93. The molecule has 1 aromatic heterocycles. The molecule has 0 saturated carbocycles. The van der Waals surface area contributed by atoms with E-state index in [1.165, 1.54) is 27.8 Å². The number of anilines is 1. The molecule has 1 fully saturated rings. The molecule has 2 aromatic rings. The van der Waals surface area contributed by atoms with Crippen molar-refractivity contribution in [2.75, 3.05) is 25.0 Å². The van der Waals surface area contributed by atoms with Crippen LogP contribution in [-0.4, -0.2) is 44.3 Å². The number of benzene rings is 1. The van der Waals surface area contributed by atoms with E-state index in [-0.39, 0.29) is 4.90 Å². The van der Waals surface area contributed by atoms with E-state index >= 15 is 0 Å². The SMILES string of the molecule is Cc1ccsc1C(=O)OCC(=O)Nc1cccc(S(=O)(=O)N2CCCC2)c1. The Hall–Kier alpha value is -2.23. The minimum atomic E-state index is -3.56. The van der Waals surface area contributed by atoms with Gasteiger partial charge in [-0.3, -0.25) is 4.79 Å². The number of ether oxygens (including phenoxy) is 1. The van der Waals surface area contributed by atoms with Gasteiger partial charge in [-0.25, -0.2) is 13.2 Å². The van der Waals surface area contributed by atoms with Crippen molar-refractivity contribution >= 4 is 38.9 Å². The molecule has 1 N–H and O–H groups in total. The molecule has 2 heterocycles. The number of carbonyl (C=O) groups excluding carboxylic acids is 2. The summed E-state index contributed by atoms with van der Waals surface area (Å²) >= 11 is 1.25. The molecule has 1 aliphatic heterocycles. The maximum Gasteiger partial charge on any atom is 0.349 e. The van der Waals surface area contributed by atoms with Gasteiger partial charge in [0.15, 0.2) is 6.61 Å². The van der Waals surface area contributed by atoms with Crippen LogP contribution in [0.2, 0.25) is 0 Å². The summed E-state index contributed by atoms with van der Waals surface area (Å²) in [6.07, 6.45) is 1.70. The number of aryl methyl sites for hydroxylation is 1. The highest BCUT2D eigenvalue weighted by Crippen LogP contribution is 2.23. The van der Waals surface area contributed by atoms with Crippen LogP contribution in [0, 0.1) is 6.92 Å². The lowest BCUT2D eigenvalue weighted by molar-refractivity contribution is -0.119. The molecule has 1 saturated heterocycles. The summed E-state index contributed by atoms with van der Waals surface area (Å²) in [7, 11) is -3.56. The number of rotatable bonds is 6. The van der Waals surface area contributed by atoms with Crippen LogP contribution in [0.3, 0.4) is 0 Å². The highest BCUT2D eigenvalue weighted by atomic mass is 32.2. The monoisotopic (exact) mass is 408 g/mol. The Morgan fingerprint density at radius 2 is 1.96 bits per heavy atom. The van der Waals surface area contributed by atoms with E-state index in [0.717, 1.165) is 18.4 Å². The van der Waals surface area contributed by atoms with Gasteiger partial charge in [-0.1, -0.05) is 6.07 Å². The van der Waals surface area contributed by atoms with Crippen LogP contribution in [0.1, 0.15) is 28.1 Å². The maximum absolute atomic E-state index is 12.6. The Morgan fingerprint density at radius 3 is 2.63 bits per heavy atom. The Morgan fingerprint density at radius 1 is 1.22 bits per heavy atom. The number of sulfonamides is 1. The zero-order valence-corrected chi connectivity index (χ0v) is 16.4. The lowest BCUT2D eigenvalue weighted by Gasteiger charge is -2.16. The molecule has 0 spiro atoms. The summed E-state index contributed by atoms with van der Waals surface area (Å²) < 4.78 is 31.6. The van der Waals surface area contributed by atoms with Gasteiger partial charge in [-0.2, -0.15) is 4.31 Å². The number of thiophene rings is 1. The predicted molar refractivity (Wildman–Crippen MR) is 102 cm³/mol. The molecule has 0 aliphatic carbocycles. The second-order valence-electron chi connectivity index (χ2n) is 6.20. The van der Waals surface area contributed by atoms with Crippen molar-refractivity contribution in [1.82, 2.24) is 4.31 Å². The first-order chi connectivity index (χ1) is 12.9. The molecular weight excluding hydrogens is 388 g/mol. The molecule has 1 aliphatic rings. The van der Waals surface area contributed by atoms with E-state index in [2.05, 4.69) is 5.32 Å². The van der Waals surface area contributed by atoms with E-state index in [0.29, 0.717) is 23.7 Å². The Balaban J connectivity index is 1.61. The molecule has 0 atom stereocenters. The maximum atomic E-state index is 12.6. The molecule has 0 radical (unpaired) electrons. The topological polar surface area (TPSA) is 92.8 Å². The summed E-state index contributed by atoms with van der Waals surface area (Å²) in [6, 6.07) is 7.87. The van der Waals surface area contributed by atoms with E-state index in [4.69, 9.17) is 4.74 Å². The molecule has 1 amide bonds. The summed E-state index contributed by atoms with van der Waals surface area (Å²) in [5, 5.41) is 4.34. The summed E-state index contributed by atoms with van der Waals surface area (Å²) in [5.74, 6) is -1.09. The fourth-order valence-corrected chi connectivity index (χ4v) is 5.17. The second kappa shape index (κ2) is 8.20. The lowest BCUT2D eigenvalue weighted by Crippen LogP contribution is -2.28. The van der Waals surface area contributed by atoms with Gasteiger partial charge in [0, 0.05) is 18.8 Å². The van der Waals surface area contributed by atoms with Crippen LogP contribution in [0.4, 0.5) is 5.69 Å². The summed E-state index contributed by atoms with van der Waals surface area (Å²) in [4.78, 5) is 24.6. The molecule has 1 aromatic carbocycles. The molecule has 0 unspecified atom stereocenters. The average molecular weight is 409 g/mol. The molecular formula is C18H20N2O5S2. The quantitative estimate of drug-likeness (QED) is 0.742. The van der Waals surface area contributed by atoms with E-state index in [9.17, 15) is 18.0 Å². The fraction of sp³-hybridized carbons (Fsp3) is 0.333. The van der Waals surface area contributed by atoms with Crippen LogP contribution in [0.25, 0.3) is 0 Å². The first-order valence-electron chi connectivity index (χ1n) is 8.49. The number of nitrogens with one attached hydrogen (secondary N) is 1. The number of esters is 1. The van der Waals surface area contributed by atoms with Crippen LogP contribution in [-0.2, 0) is 19.6 Å². The molecule has 7 nitrogen and oxygen atoms in total. The van der Waals surface area contributed by atoms with Crippen molar-refractivity contribution in [1.29, 1.82) is 0 Å². The predicted octanol–water partition coefficient (Wildman–Crippen LogP) is 2.64. The van der Waals surface area contributed by atoms with E-state index in [1.54, 1.807) is 30.5 Å². The largest absolute Gasteiger partial charge is 0.451 e. The Bertz CT molecular complexity index is 946. The first-order valence-corrected chi connectivity index (χ1v) is 10.8. The number of hydrogen-bond acceptors (Lipinski definition) is 6. The van der Waals surface area contributed by atoms with Gasteiger partial charge in [-0.15, -0.1) is 11.3 Å². The summed E-state index contributed by atoms with van der Waals surface area (Å²) in [6.45, 7) is 2.37. The number of carbonyl (C=O) groups is 2. The molecule has 3 rings (SSSR count). The number of nitrogens with zero attached hydrogens (tertiary/aromatic N) is 1. The van der Waals surface area contributed by atoms with Crippen molar-refractivity contribution < 1.29 is 22.7 Å². The van der Waals surface area contributed by atoms with Gasteiger partial charge in [0.1, 0.15) is 4.88 Å². The third kappa shape index (κ3) is 4.55. The van der Waals surface area contributed by atoms with Crippen molar-refractivity contribution in [2.24, 2.45) is 0 Å². The number of hydrogen-bond donors (Lipinski definition) is 1. The normalized spacial score (nSPS) is 14.9. The second-order valence-corrected chi connectivity index (χ2v) is 9.05. The van der Waals surface area contributed by atoms with Crippen LogP contribution in [0.5, 0.6) is 0 Å². The zero-order chi connectivity index (χ0) is 19.4. The third-order valence-electron chi connectivity index (χ3n) is 4.20. The summed E-state index contributed by atoms with van der Waals surface area (Å²) in [5.41, 5.74) is 1.13. The van der Waals surface area contributed by atoms with E-state index < -0.39 is 28.5 Å².